The predicted octanol–water partition coefficient (Wildman–Crippen LogP) is 6.59. The minimum absolute atomic E-state index is 0.0877. The Morgan fingerprint density at radius 2 is 1.83 bits per heavy atom. The number of aliphatic hydroxyl groups is 1. The molecule has 8 heteroatoms. The average Bonchev–Trinajstić information content (AvgIpc) is 3.37. The van der Waals surface area contributed by atoms with E-state index in [0.29, 0.717) is 12.3 Å². The van der Waals surface area contributed by atoms with Gasteiger partial charge >= 0.3 is 11.9 Å². The second-order valence-electron chi connectivity index (χ2n) is 8.67. The van der Waals surface area contributed by atoms with E-state index in [1.54, 1.807) is 13.1 Å². The minimum atomic E-state index is -3.08. The number of carbonyl (C=O) groups is 1. The molecule has 0 aliphatic carbocycles. The van der Waals surface area contributed by atoms with Gasteiger partial charge in [0.1, 0.15) is 7.05 Å². The van der Waals surface area contributed by atoms with Gasteiger partial charge in [0.05, 0.1) is 6.08 Å². The third kappa shape index (κ3) is 4.79. The third-order valence-electron chi connectivity index (χ3n) is 6.20. The lowest BCUT2D eigenvalue weighted by atomic mass is 9.98. The first-order chi connectivity index (χ1) is 16.7. The van der Waals surface area contributed by atoms with E-state index >= 15 is 0 Å². The van der Waals surface area contributed by atoms with Crippen molar-refractivity contribution in [1.82, 2.24) is 4.59 Å². The lowest BCUT2D eigenvalue weighted by molar-refractivity contribution is -0.132. The smallest absolute Gasteiger partial charge is 0.340 e. The van der Waals surface area contributed by atoms with Crippen LogP contribution in [0.4, 0.5) is 14.5 Å². The van der Waals surface area contributed by atoms with Crippen LogP contribution in [0.25, 0.3) is 17.2 Å². The molecule has 1 atom stereocenters. The number of hydrogen-bond donors (Lipinski definition) is 1. The summed E-state index contributed by atoms with van der Waals surface area (Å²) in [4.78, 5) is 15.7. The second kappa shape index (κ2) is 9.54. The maximum absolute atomic E-state index is 14.5. The largest absolute Gasteiger partial charge is 0.504 e. The van der Waals surface area contributed by atoms with Crippen molar-refractivity contribution in [2.24, 2.45) is 10.1 Å². The Morgan fingerprint density at radius 1 is 1.11 bits per heavy atom. The van der Waals surface area contributed by atoms with Crippen LogP contribution >= 0.6 is 0 Å². The first kappa shape index (κ1) is 24.5. The van der Waals surface area contributed by atoms with Gasteiger partial charge in [-0.15, -0.1) is 4.59 Å². The molecule has 1 unspecified atom stereocenters. The number of aliphatic imine (C=N–C) groups is 1. The topological polar surface area (TPSA) is 71.2 Å². The molecule has 2 aliphatic heterocycles. The number of hydrogen-bond acceptors (Lipinski definition) is 5. The zero-order valence-electron chi connectivity index (χ0n) is 20.0. The fraction of sp³-hybridized carbons (Fsp3) is 0.296. The van der Waals surface area contributed by atoms with Crippen LogP contribution in [0.2, 0.25) is 0 Å². The molecule has 182 valence electrons. The molecule has 0 spiro atoms. The van der Waals surface area contributed by atoms with Crippen LogP contribution in [0.5, 0.6) is 0 Å². The lowest BCUT2D eigenvalue weighted by Gasteiger charge is -2.24. The van der Waals surface area contributed by atoms with Crippen molar-refractivity contribution in [3.8, 4) is 11.1 Å². The first-order valence-electron chi connectivity index (χ1n) is 11.7. The Kier molecular flexibility index (Phi) is 6.67. The van der Waals surface area contributed by atoms with Crippen LogP contribution in [0.1, 0.15) is 45.1 Å². The normalized spacial score (nSPS) is 21.1. The highest BCUT2D eigenvalue weighted by Gasteiger charge is 2.46. The van der Waals surface area contributed by atoms with Gasteiger partial charge in [0, 0.05) is 25.0 Å². The molecule has 0 bridgehead atoms. The molecule has 0 amide bonds. The quantitative estimate of drug-likeness (QED) is 0.342. The maximum Gasteiger partial charge on any atom is 0.340 e. The van der Waals surface area contributed by atoms with Crippen molar-refractivity contribution in [3.05, 3.63) is 71.7 Å². The van der Waals surface area contributed by atoms with E-state index in [2.05, 4.69) is 10.1 Å². The molecule has 0 saturated carbocycles. The molecule has 4 rings (SSSR count). The van der Waals surface area contributed by atoms with Gasteiger partial charge in [0.15, 0.2) is 17.2 Å². The van der Waals surface area contributed by atoms with Gasteiger partial charge < -0.3 is 9.84 Å². The molecule has 0 aromatic heterocycles. The van der Waals surface area contributed by atoms with Crippen LogP contribution < -0.4 is 4.59 Å². The summed E-state index contributed by atoms with van der Waals surface area (Å²) in [5, 5.41) is 14.3. The number of halogens is 2. The summed E-state index contributed by atoms with van der Waals surface area (Å²) in [5.74, 6) is -3.66. The molecule has 0 radical (unpaired) electrons. The van der Waals surface area contributed by atoms with Gasteiger partial charge in [0.25, 0.3) is 5.84 Å². The molecule has 2 heterocycles. The molecule has 2 aromatic carbocycles. The molecule has 2 aliphatic rings. The third-order valence-corrected chi connectivity index (χ3v) is 6.20. The summed E-state index contributed by atoms with van der Waals surface area (Å²) < 4.78 is 33.8. The van der Waals surface area contributed by atoms with Crippen LogP contribution in [0, 0.1) is 0 Å². The Labute approximate surface area is 203 Å². The second-order valence-corrected chi connectivity index (χ2v) is 8.67. The van der Waals surface area contributed by atoms with Gasteiger partial charge in [-0.1, -0.05) is 44.5 Å². The fourth-order valence-corrected chi connectivity index (χ4v) is 4.05. The predicted molar refractivity (Wildman–Crippen MR) is 134 cm³/mol. The molecule has 2 aromatic rings. The fourth-order valence-electron chi connectivity index (χ4n) is 4.05. The SMILES string of the molecule is CCCCC1=NC(C(F)(F)CC)=N[N+]1(C)c1ccc(-c2ccccc2/C=C2\OC(=O)C=C2O)cc1. The van der Waals surface area contributed by atoms with E-state index in [-0.39, 0.29) is 22.5 Å². The van der Waals surface area contributed by atoms with Crippen LogP contribution in [0.3, 0.4) is 0 Å². The van der Waals surface area contributed by atoms with Gasteiger partial charge in [-0.05, 0) is 46.4 Å². The summed E-state index contributed by atoms with van der Waals surface area (Å²) in [6, 6.07) is 15.0. The number of ether oxygens (including phenoxy) is 1. The van der Waals surface area contributed by atoms with Crippen molar-refractivity contribution in [1.29, 1.82) is 0 Å². The van der Waals surface area contributed by atoms with Crippen molar-refractivity contribution in [3.63, 3.8) is 0 Å². The van der Waals surface area contributed by atoms with Crippen molar-refractivity contribution in [2.45, 2.75) is 45.5 Å². The molecular formula is C27H28F2N3O3+. The van der Waals surface area contributed by atoms with Gasteiger partial charge in [0.2, 0.25) is 5.84 Å². The van der Waals surface area contributed by atoms with Crippen molar-refractivity contribution >= 4 is 29.4 Å². The Bertz CT molecular complexity index is 1260. The zero-order chi connectivity index (χ0) is 25.2. The minimum Gasteiger partial charge on any atom is -0.504 e. The molecule has 6 nitrogen and oxygen atoms in total. The first-order valence-corrected chi connectivity index (χ1v) is 11.7. The lowest BCUT2D eigenvalue weighted by Crippen LogP contribution is -2.43. The number of aliphatic hydroxyl groups excluding tert-OH is 1. The van der Waals surface area contributed by atoms with Crippen LogP contribution in [-0.4, -0.2) is 35.7 Å². The van der Waals surface area contributed by atoms with Crippen molar-refractivity contribution < 1.29 is 23.4 Å². The Hall–Kier alpha value is -3.65. The number of alkyl halides is 2. The van der Waals surface area contributed by atoms with Crippen molar-refractivity contribution in [2.75, 3.05) is 7.05 Å². The number of unbranched alkanes of at least 4 members (excludes halogenated alkanes) is 1. The number of cyclic esters (lactones) is 1. The molecule has 1 N–H and O–H groups in total. The Morgan fingerprint density at radius 3 is 2.46 bits per heavy atom. The van der Waals surface area contributed by atoms with Gasteiger partial charge in [-0.2, -0.15) is 13.8 Å². The van der Waals surface area contributed by atoms with E-state index in [9.17, 15) is 18.7 Å². The highest BCUT2D eigenvalue weighted by molar-refractivity contribution is 6.09. The number of amidine groups is 2. The molecule has 35 heavy (non-hydrogen) atoms. The number of esters is 1. The summed E-state index contributed by atoms with van der Waals surface area (Å²) in [5.41, 5.74) is 3.20. The van der Waals surface area contributed by atoms with Gasteiger partial charge in [-0.3, -0.25) is 0 Å². The summed E-state index contributed by atoms with van der Waals surface area (Å²) >= 11 is 0. The summed E-state index contributed by atoms with van der Waals surface area (Å²) in [6.07, 6.45) is 4.60. The van der Waals surface area contributed by atoms with E-state index in [1.807, 2.05) is 55.5 Å². The highest BCUT2D eigenvalue weighted by Crippen LogP contribution is 2.35. The van der Waals surface area contributed by atoms with Crippen LogP contribution in [-0.2, 0) is 9.53 Å². The number of rotatable bonds is 8. The average molecular weight is 481 g/mol. The monoisotopic (exact) mass is 480 g/mol. The summed E-state index contributed by atoms with van der Waals surface area (Å²) in [6.45, 7) is 3.47. The number of benzene rings is 2. The zero-order valence-corrected chi connectivity index (χ0v) is 20.0. The standard InChI is InChI=1S/C27H27F2N3O3/c1-4-6-11-24-30-26(27(28,29)5-2)31-32(24,3)20-14-12-18(13-15-20)21-10-8-7-9-19(21)16-23-22(33)17-25(34)35-23/h7-10,12-17H,4-6,11H2,1-3H3/p+1/b23-16-. The van der Waals surface area contributed by atoms with E-state index < -0.39 is 17.7 Å². The highest BCUT2D eigenvalue weighted by atomic mass is 19.3. The molecular weight excluding hydrogens is 452 g/mol. The maximum atomic E-state index is 14.5. The number of nitrogens with zero attached hydrogens (tertiary/aromatic N) is 3. The van der Waals surface area contributed by atoms with E-state index in [0.717, 1.165) is 41.3 Å². The molecule has 0 fully saturated rings. The van der Waals surface area contributed by atoms with E-state index in [1.165, 1.54) is 6.92 Å². The number of quaternary nitrogens is 1. The van der Waals surface area contributed by atoms with Crippen LogP contribution in [0.15, 0.2) is 76.2 Å². The summed E-state index contributed by atoms with van der Waals surface area (Å²) in [7, 11) is 1.78. The molecule has 0 saturated heterocycles. The number of carbonyl (C=O) groups excluding carboxylic acids is 1. The Balaban J connectivity index is 1.69. The van der Waals surface area contributed by atoms with E-state index in [4.69, 9.17) is 4.74 Å². The van der Waals surface area contributed by atoms with Gasteiger partial charge in [-0.25, -0.2) is 4.79 Å².